The summed E-state index contributed by atoms with van der Waals surface area (Å²) in [5, 5.41) is 9.11. The van der Waals surface area contributed by atoms with Gasteiger partial charge in [-0.2, -0.15) is 4.31 Å². The number of carboxylic acids is 1. The van der Waals surface area contributed by atoms with Gasteiger partial charge >= 0.3 is 5.97 Å². The van der Waals surface area contributed by atoms with Crippen LogP contribution in [0, 0.1) is 0 Å². The number of pyridine rings is 1. The lowest BCUT2D eigenvalue weighted by atomic mass is 10.2. The number of hydrogen-bond acceptors (Lipinski definition) is 4. The van der Waals surface area contributed by atoms with Crippen LogP contribution in [0.1, 0.15) is 16.1 Å². The molecule has 0 aliphatic carbocycles. The standard InChI is InChI=1S/C14H14N2O4S/c1-16(10-11-6-4-5-9-15-11)21(19,20)13-8-3-2-7-12(13)14(17)18/h2-9H,10H2,1H3,(H,17,18). The lowest BCUT2D eigenvalue weighted by molar-refractivity contribution is 0.0692. The van der Waals surface area contributed by atoms with Gasteiger partial charge in [0.05, 0.1) is 22.7 Å². The van der Waals surface area contributed by atoms with Crippen LogP contribution in [0.5, 0.6) is 0 Å². The van der Waals surface area contributed by atoms with E-state index >= 15 is 0 Å². The second kappa shape index (κ2) is 6.02. The molecule has 0 bridgehead atoms. The van der Waals surface area contributed by atoms with Crippen molar-refractivity contribution in [2.75, 3.05) is 7.05 Å². The molecule has 110 valence electrons. The minimum Gasteiger partial charge on any atom is -0.478 e. The molecule has 7 heteroatoms. The van der Waals surface area contributed by atoms with Crippen molar-refractivity contribution >= 4 is 16.0 Å². The third kappa shape index (κ3) is 3.26. The van der Waals surface area contributed by atoms with Crippen molar-refractivity contribution < 1.29 is 18.3 Å². The molecule has 2 rings (SSSR count). The molecule has 1 aromatic heterocycles. The number of aromatic carboxylic acids is 1. The van der Waals surface area contributed by atoms with Gasteiger partial charge in [0.1, 0.15) is 0 Å². The molecule has 0 fully saturated rings. The molecule has 1 aromatic carbocycles. The van der Waals surface area contributed by atoms with Gasteiger partial charge in [-0.05, 0) is 24.3 Å². The maximum atomic E-state index is 12.5. The molecule has 1 heterocycles. The number of sulfonamides is 1. The highest BCUT2D eigenvalue weighted by atomic mass is 32.2. The minimum absolute atomic E-state index is 0.0666. The molecule has 0 spiro atoms. The number of aromatic nitrogens is 1. The van der Waals surface area contributed by atoms with Gasteiger partial charge in [-0.25, -0.2) is 13.2 Å². The van der Waals surface area contributed by atoms with Crippen molar-refractivity contribution in [2.45, 2.75) is 11.4 Å². The van der Waals surface area contributed by atoms with Gasteiger partial charge in [0.2, 0.25) is 10.0 Å². The van der Waals surface area contributed by atoms with Gasteiger partial charge in [-0.1, -0.05) is 18.2 Å². The van der Waals surface area contributed by atoms with Gasteiger partial charge in [0.15, 0.2) is 0 Å². The quantitative estimate of drug-likeness (QED) is 0.906. The van der Waals surface area contributed by atoms with E-state index in [9.17, 15) is 13.2 Å². The molecule has 0 aliphatic rings. The largest absolute Gasteiger partial charge is 0.478 e. The van der Waals surface area contributed by atoms with Gasteiger partial charge in [-0.3, -0.25) is 4.98 Å². The first-order chi connectivity index (χ1) is 9.93. The topological polar surface area (TPSA) is 87.6 Å². The number of hydrogen-bond donors (Lipinski definition) is 1. The second-order valence-corrected chi connectivity index (χ2v) is 6.40. The van der Waals surface area contributed by atoms with E-state index in [4.69, 9.17) is 5.11 Å². The summed E-state index contributed by atoms with van der Waals surface area (Å²) < 4.78 is 26.1. The van der Waals surface area contributed by atoms with Crippen LogP contribution >= 0.6 is 0 Å². The van der Waals surface area contributed by atoms with Crippen LogP contribution in [0.2, 0.25) is 0 Å². The van der Waals surface area contributed by atoms with Crippen LogP contribution in [-0.2, 0) is 16.6 Å². The zero-order valence-corrected chi connectivity index (χ0v) is 12.1. The van der Waals surface area contributed by atoms with Crippen molar-refractivity contribution in [3.63, 3.8) is 0 Å². The third-order valence-corrected chi connectivity index (χ3v) is 4.78. The van der Waals surface area contributed by atoms with Crippen LogP contribution in [0.25, 0.3) is 0 Å². The summed E-state index contributed by atoms with van der Waals surface area (Å²) in [6.45, 7) is 0.0666. The third-order valence-electron chi connectivity index (χ3n) is 2.92. The van der Waals surface area contributed by atoms with Crippen LogP contribution in [0.4, 0.5) is 0 Å². The Kier molecular flexibility index (Phi) is 4.35. The molecule has 0 saturated carbocycles. The molecule has 6 nitrogen and oxygen atoms in total. The highest BCUT2D eigenvalue weighted by Crippen LogP contribution is 2.20. The Hall–Kier alpha value is -2.25. The normalized spacial score (nSPS) is 11.5. The number of rotatable bonds is 5. The Morgan fingerprint density at radius 1 is 1.19 bits per heavy atom. The zero-order valence-electron chi connectivity index (χ0n) is 11.3. The van der Waals surface area contributed by atoms with Crippen LogP contribution < -0.4 is 0 Å². The zero-order chi connectivity index (χ0) is 15.5. The fourth-order valence-electron chi connectivity index (χ4n) is 1.84. The van der Waals surface area contributed by atoms with Gasteiger partial charge in [0.25, 0.3) is 0 Å². The number of benzene rings is 1. The summed E-state index contributed by atoms with van der Waals surface area (Å²) in [5.74, 6) is -1.28. The lowest BCUT2D eigenvalue weighted by Gasteiger charge is -2.18. The Labute approximate surface area is 122 Å². The SMILES string of the molecule is CN(Cc1ccccn1)S(=O)(=O)c1ccccc1C(=O)O. The molecule has 2 aromatic rings. The fourth-order valence-corrected chi connectivity index (χ4v) is 3.16. The van der Waals surface area contributed by atoms with E-state index in [-0.39, 0.29) is 17.0 Å². The second-order valence-electron chi connectivity index (χ2n) is 4.38. The number of nitrogens with zero attached hydrogens (tertiary/aromatic N) is 2. The van der Waals surface area contributed by atoms with E-state index in [0.29, 0.717) is 5.69 Å². The minimum atomic E-state index is -3.90. The summed E-state index contributed by atoms with van der Waals surface area (Å²) in [6.07, 6.45) is 1.57. The van der Waals surface area contributed by atoms with Gasteiger partial charge in [-0.15, -0.1) is 0 Å². The molecule has 0 saturated heterocycles. The van der Waals surface area contributed by atoms with E-state index in [1.165, 1.54) is 31.3 Å². The van der Waals surface area contributed by atoms with Crippen molar-refractivity contribution in [1.29, 1.82) is 0 Å². The smallest absolute Gasteiger partial charge is 0.337 e. The molecule has 21 heavy (non-hydrogen) atoms. The Morgan fingerprint density at radius 3 is 2.48 bits per heavy atom. The molecular weight excluding hydrogens is 292 g/mol. The first-order valence-electron chi connectivity index (χ1n) is 6.11. The van der Waals surface area contributed by atoms with E-state index in [0.717, 1.165) is 4.31 Å². The van der Waals surface area contributed by atoms with Gasteiger partial charge in [0, 0.05) is 13.2 Å². The fraction of sp³-hybridized carbons (Fsp3) is 0.143. The van der Waals surface area contributed by atoms with E-state index in [1.807, 2.05) is 0 Å². The Morgan fingerprint density at radius 2 is 1.86 bits per heavy atom. The molecule has 1 N–H and O–H groups in total. The maximum absolute atomic E-state index is 12.5. The Bertz CT molecular complexity index is 745. The van der Waals surface area contributed by atoms with Crippen LogP contribution in [0.15, 0.2) is 53.6 Å². The van der Waals surface area contributed by atoms with Crippen LogP contribution in [-0.4, -0.2) is 35.8 Å². The average Bonchev–Trinajstić information content (AvgIpc) is 2.48. The molecule has 0 unspecified atom stereocenters. The van der Waals surface area contributed by atoms with Gasteiger partial charge < -0.3 is 5.11 Å². The molecule has 0 aliphatic heterocycles. The summed E-state index contributed by atoms with van der Waals surface area (Å²) in [7, 11) is -2.51. The monoisotopic (exact) mass is 306 g/mol. The van der Waals surface area contributed by atoms with Crippen molar-refractivity contribution in [3.05, 3.63) is 59.9 Å². The summed E-state index contributed by atoms with van der Waals surface area (Å²) in [6, 6.07) is 10.7. The summed E-state index contributed by atoms with van der Waals surface area (Å²) in [5.41, 5.74) is 0.335. The molecular formula is C14H14N2O4S. The molecule has 0 atom stereocenters. The Balaban J connectivity index is 2.36. The van der Waals surface area contributed by atoms with Crippen molar-refractivity contribution in [3.8, 4) is 0 Å². The maximum Gasteiger partial charge on any atom is 0.337 e. The number of carboxylic acid groups (broad SMARTS) is 1. The van der Waals surface area contributed by atoms with Crippen molar-refractivity contribution in [1.82, 2.24) is 9.29 Å². The summed E-state index contributed by atoms with van der Waals surface area (Å²) in [4.78, 5) is 15.0. The van der Waals surface area contributed by atoms with E-state index in [1.54, 1.807) is 24.4 Å². The number of carbonyl (C=O) groups is 1. The average molecular weight is 306 g/mol. The van der Waals surface area contributed by atoms with Crippen LogP contribution in [0.3, 0.4) is 0 Å². The lowest BCUT2D eigenvalue weighted by Crippen LogP contribution is -2.28. The highest BCUT2D eigenvalue weighted by molar-refractivity contribution is 7.89. The first kappa shape index (κ1) is 15.1. The predicted octanol–water partition coefficient (Wildman–Crippen LogP) is 1.60. The predicted molar refractivity (Wildman–Crippen MR) is 76.3 cm³/mol. The summed E-state index contributed by atoms with van der Waals surface area (Å²) >= 11 is 0. The van der Waals surface area contributed by atoms with E-state index < -0.39 is 16.0 Å². The molecule has 0 radical (unpaired) electrons. The highest BCUT2D eigenvalue weighted by Gasteiger charge is 2.26. The van der Waals surface area contributed by atoms with Crippen molar-refractivity contribution in [2.24, 2.45) is 0 Å². The molecule has 0 amide bonds. The van der Waals surface area contributed by atoms with E-state index in [2.05, 4.69) is 4.98 Å². The first-order valence-corrected chi connectivity index (χ1v) is 7.55.